The van der Waals surface area contributed by atoms with Crippen LogP contribution < -0.4 is 5.32 Å². The predicted octanol–water partition coefficient (Wildman–Crippen LogP) is 4.05. The highest BCUT2D eigenvalue weighted by molar-refractivity contribution is 5.96. The van der Waals surface area contributed by atoms with Gasteiger partial charge in [-0.05, 0) is 24.3 Å². The van der Waals surface area contributed by atoms with Crippen molar-refractivity contribution in [3.05, 3.63) is 54.8 Å². The summed E-state index contributed by atoms with van der Waals surface area (Å²) in [5.74, 6) is 0.805. The van der Waals surface area contributed by atoms with Crippen LogP contribution in [0.4, 0.5) is 11.5 Å². The number of nitrogens with one attached hydrogen (secondary N) is 2. The minimum absolute atomic E-state index is 0.805. The van der Waals surface area contributed by atoms with Crippen molar-refractivity contribution in [3.8, 4) is 0 Å². The molecule has 0 saturated carbocycles. The molecule has 2 N–H and O–H groups in total. The summed E-state index contributed by atoms with van der Waals surface area (Å²) in [6.07, 6.45) is 1.69. The lowest BCUT2D eigenvalue weighted by atomic mass is 10.2. The molecule has 4 nitrogen and oxygen atoms in total. The highest BCUT2D eigenvalue weighted by Gasteiger charge is 2.08. The maximum atomic E-state index is 5.51. The standard InChI is InChI=1S/C15H11N3O/c1-2-6-12-11(5-1)15(18-17-12)16-13-7-3-4-10-8-9-19-14(10)13/h1-9H,(H2,16,17,18). The molecule has 0 bridgehead atoms. The number of nitrogens with zero attached hydrogens (tertiary/aromatic N) is 1. The molecular formula is C15H11N3O. The molecule has 0 radical (unpaired) electrons. The van der Waals surface area contributed by atoms with Crippen LogP contribution in [0, 0.1) is 0 Å². The van der Waals surface area contributed by atoms with Gasteiger partial charge in [0.15, 0.2) is 11.4 Å². The Morgan fingerprint density at radius 3 is 2.95 bits per heavy atom. The van der Waals surface area contributed by atoms with Crippen molar-refractivity contribution in [2.24, 2.45) is 0 Å². The highest BCUT2D eigenvalue weighted by Crippen LogP contribution is 2.29. The Morgan fingerprint density at radius 2 is 1.95 bits per heavy atom. The molecule has 2 aromatic carbocycles. The van der Waals surface area contributed by atoms with E-state index in [9.17, 15) is 0 Å². The number of hydrogen-bond donors (Lipinski definition) is 2. The first-order chi connectivity index (χ1) is 9.42. The fraction of sp³-hybridized carbons (Fsp3) is 0. The van der Waals surface area contributed by atoms with Gasteiger partial charge >= 0.3 is 0 Å². The van der Waals surface area contributed by atoms with E-state index in [1.165, 1.54) is 0 Å². The third-order valence-corrected chi connectivity index (χ3v) is 3.20. The zero-order valence-electron chi connectivity index (χ0n) is 10.1. The third-order valence-electron chi connectivity index (χ3n) is 3.20. The van der Waals surface area contributed by atoms with Crippen molar-refractivity contribution in [3.63, 3.8) is 0 Å². The summed E-state index contributed by atoms with van der Waals surface area (Å²) in [6.45, 7) is 0. The van der Waals surface area contributed by atoms with Gasteiger partial charge in [-0.25, -0.2) is 0 Å². The van der Waals surface area contributed by atoms with Crippen molar-refractivity contribution in [2.75, 3.05) is 5.32 Å². The van der Waals surface area contributed by atoms with Crippen LogP contribution in [0.2, 0.25) is 0 Å². The second kappa shape index (κ2) is 3.88. The van der Waals surface area contributed by atoms with Crippen LogP contribution in [0.3, 0.4) is 0 Å². The van der Waals surface area contributed by atoms with Gasteiger partial charge < -0.3 is 9.73 Å². The van der Waals surface area contributed by atoms with Crippen molar-refractivity contribution in [1.82, 2.24) is 10.2 Å². The number of para-hydroxylation sites is 2. The van der Waals surface area contributed by atoms with Crippen molar-refractivity contribution >= 4 is 33.4 Å². The average molecular weight is 249 g/mol. The fourth-order valence-electron chi connectivity index (χ4n) is 2.28. The first-order valence-corrected chi connectivity index (χ1v) is 6.08. The van der Waals surface area contributed by atoms with Crippen LogP contribution in [0.1, 0.15) is 0 Å². The molecule has 92 valence electrons. The molecule has 0 spiro atoms. The second-order valence-corrected chi connectivity index (χ2v) is 4.39. The molecule has 0 unspecified atom stereocenters. The van der Waals surface area contributed by atoms with E-state index < -0.39 is 0 Å². The average Bonchev–Trinajstić information content (AvgIpc) is 3.06. The molecule has 0 atom stereocenters. The Hall–Kier alpha value is -2.75. The molecule has 0 aliphatic carbocycles. The van der Waals surface area contributed by atoms with E-state index in [4.69, 9.17) is 4.42 Å². The molecule has 0 amide bonds. The topological polar surface area (TPSA) is 53.9 Å². The first kappa shape index (κ1) is 10.2. The zero-order valence-corrected chi connectivity index (χ0v) is 10.1. The number of H-pyrrole nitrogens is 1. The summed E-state index contributed by atoms with van der Waals surface area (Å²) in [4.78, 5) is 0. The van der Waals surface area contributed by atoms with Crippen LogP contribution in [0.5, 0.6) is 0 Å². The van der Waals surface area contributed by atoms with E-state index >= 15 is 0 Å². The summed E-state index contributed by atoms with van der Waals surface area (Å²) in [6, 6.07) is 16.0. The normalized spacial score (nSPS) is 11.2. The number of hydrogen-bond acceptors (Lipinski definition) is 3. The number of rotatable bonds is 2. The summed E-state index contributed by atoms with van der Waals surface area (Å²) in [5, 5.41) is 12.8. The molecule has 4 rings (SSSR count). The smallest absolute Gasteiger partial charge is 0.160 e. The zero-order chi connectivity index (χ0) is 12.7. The number of anilines is 2. The largest absolute Gasteiger partial charge is 0.462 e. The van der Waals surface area contributed by atoms with Crippen molar-refractivity contribution < 1.29 is 4.42 Å². The van der Waals surface area contributed by atoms with Gasteiger partial charge in [-0.15, -0.1) is 0 Å². The fourth-order valence-corrected chi connectivity index (χ4v) is 2.28. The Labute approximate surface area is 109 Å². The number of aromatic nitrogens is 2. The predicted molar refractivity (Wildman–Crippen MR) is 75.6 cm³/mol. The summed E-state index contributed by atoms with van der Waals surface area (Å²) in [5.41, 5.74) is 2.77. The van der Waals surface area contributed by atoms with E-state index in [2.05, 4.69) is 15.5 Å². The summed E-state index contributed by atoms with van der Waals surface area (Å²) < 4.78 is 5.51. The van der Waals surface area contributed by atoms with E-state index in [0.29, 0.717) is 0 Å². The molecular weight excluding hydrogens is 238 g/mol. The lowest BCUT2D eigenvalue weighted by Crippen LogP contribution is -1.91. The maximum absolute atomic E-state index is 5.51. The van der Waals surface area contributed by atoms with Gasteiger partial charge in [-0.1, -0.05) is 24.3 Å². The molecule has 0 aliphatic rings. The van der Waals surface area contributed by atoms with Crippen LogP contribution in [-0.2, 0) is 0 Å². The Kier molecular flexibility index (Phi) is 2.08. The van der Waals surface area contributed by atoms with E-state index in [1.807, 2.05) is 48.5 Å². The monoisotopic (exact) mass is 249 g/mol. The third kappa shape index (κ3) is 1.57. The maximum Gasteiger partial charge on any atom is 0.160 e. The van der Waals surface area contributed by atoms with Crippen LogP contribution in [0.25, 0.3) is 21.9 Å². The van der Waals surface area contributed by atoms with Gasteiger partial charge in [0, 0.05) is 10.8 Å². The van der Waals surface area contributed by atoms with Gasteiger partial charge in [-0.2, -0.15) is 5.10 Å². The summed E-state index contributed by atoms with van der Waals surface area (Å²) >= 11 is 0. The Morgan fingerprint density at radius 1 is 1.00 bits per heavy atom. The molecule has 0 aliphatic heterocycles. The Balaban J connectivity index is 1.84. The molecule has 2 heterocycles. The molecule has 2 aromatic heterocycles. The first-order valence-electron chi connectivity index (χ1n) is 6.08. The quantitative estimate of drug-likeness (QED) is 0.563. The van der Waals surface area contributed by atoms with Gasteiger partial charge in [-0.3, -0.25) is 5.10 Å². The minimum Gasteiger partial charge on any atom is -0.462 e. The minimum atomic E-state index is 0.805. The van der Waals surface area contributed by atoms with Gasteiger partial charge in [0.25, 0.3) is 0 Å². The molecule has 0 fully saturated rings. The van der Waals surface area contributed by atoms with Gasteiger partial charge in [0.1, 0.15) is 0 Å². The number of fused-ring (bicyclic) bond motifs is 2. The van der Waals surface area contributed by atoms with Crippen molar-refractivity contribution in [2.45, 2.75) is 0 Å². The van der Waals surface area contributed by atoms with Crippen LogP contribution in [0.15, 0.2) is 59.2 Å². The molecule has 0 saturated heterocycles. The SMILES string of the molecule is c1cc(Nc2n[nH]c3ccccc23)c2occc2c1. The van der Waals surface area contributed by atoms with E-state index in [-0.39, 0.29) is 0 Å². The number of benzene rings is 2. The number of furan rings is 1. The number of aromatic amines is 1. The molecule has 4 heteroatoms. The van der Waals surface area contributed by atoms with Crippen LogP contribution >= 0.6 is 0 Å². The van der Waals surface area contributed by atoms with Crippen molar-refractivity contribution in [1.29, 1.82) is 0 Å². The highest BCUT2D eigenvalue weighted by atomic mass is 16.3. The lowest BCUT2D eigenvalue weighted by molar-refractivity contribution is 0.617. The second-order valence-electron chi connectivity index (χ2n) is 4.39. The van der Waals surface area contributed by atoms with Crippen LogP contribution in [-0.4, -0.2) is 10.2 Å². The van der Waals surface area contributed by atoms with Gasteiger partial charge in [0.05, 0.1) is 17.5 Å². The summed E-state index contributed by atoms with van der Waals surface area (Å²) in [7, 11) is 0. The molecule has 4 aromatic rings. The lowest BCUT2D eigenvalue weighted by Gasteiger charge is -2.04. The van der Waals surface area contributed by atoms with E-state index in [0.717, 1.165) is 33.4 Å². The Bertz CT molecular complexity index is 860. The van der Waals surface area contributed by atoms with E-state index in [1.54, 1.807) is 6.26 Å². The molecule has 19 heavy (non-hydrogen) atoms. The van der Waals surface area contributed by atoms with Gasteiger partial charge in [0.2, 0.25) is 0 Å².